The van der Waals surface area contributed by atoms with Crippen LogP contribution in [0.15, 0.2) is 0 Å². The number of rotatable bonds is 4. The molecule has 0 heterocycles. The first kappa shape index (κ1) is 14.0. The fourth-order valence-corrected chi connectivity index (χ4v) is 1.15. The molecule has 4 nitrogen and oxygen atoms in total. The van der Waals surface area contributed by atoms with Gasteiger partial charge < -0.3 is 5.32 Å². The van der Waals surface area contributed by atoms with Crippen LogP contribution in [-0.4, -0.2) is 31.9 Å². The molecule has 5 heteroatoms. The second-order valence-electron chi connectivity index (χ2n) is 3.72. The molecule has 0 unspecified atom stereocenters. The minimum atomic E-state index is -3.39. The summed E-state index contributed by atoms with van der Waals surface area (Å²) in [6.07, 6.45) is 1.58. The number of hydrogen-bond donors (Lipinski definition) is 1. The van der Waals surface area contributed by atoms with Crippen molar-refractivity contribution in [3.63, 3.8) is 0 Å². The van der Waals surface area contributed by atoms with E-state index in [1.54, 1.807) is 6.92 Å². The lowest BCUT2D eigenvalue weighted by Gasteiger charge is -2.20. The van der Waals surface area contributed by atoms with Crippen molar-refractivity contribution in [2.75, 3.05) is 12.8 Å². The summed E-state index contributed by atoms with van der Waals surface area (Å²) < 4.78 is 21.2. The van der Waals surface area contributed by atoms with E-state index in [0.717, 1.165) is 6.26 Å². The van der Waals surface area contributed by atoms with Gasteiger partial charge in [-0.3, -0.25) is 4.79 Å². The molecule has 0 aliphatic carbocycles. The van der Waals surface area contributed by atoms with E-state index >= 15 is 0 Å². The Morgan fingerprint density at radius 1 is 1.40 bits per heavy atom. The Bertz CT molecular complexity index is 385. The Labute approximate surface area is 91.4 Å². The molecule has 0 saturated carbocycles. The van der Waals surface area contributed by atoms with Crippen LogP contribution in [0, 0.1) is 11.8 Å². The van der Waals surface area contributed by atoms with Crippen LogP contribution in [-0.2, 0) is 14.6 Å². The zero-order chi connectivity index (χ0) is 12.1. The van der Waals surface area contributed by atoms with Crippen molar-refractivity contribution in [2.45, 2.75) is 31.9 Å². The van der Waals surface area contributed by atoms with Gasteiger partial charge in [0.05, 0.1) is 0 Å². The second kappa shape index (κ2) is 5.17. The highest BCUT2D eigenvalue weighted by atomic mass is 32.2. The van der Waals surface area contributed by atoms with Gasteiger partial charge in [-0.1, -0.05) is 0 Å². The van der Waals surface area contributed by atoms with Crippen LogP contribution < -0.4 is 5.32 Å². The molecular formula is C10H17NO3S. The van der Waals surface area contributed by atoms with Gasteiger partial charge in [-0.05, 0) is 20.8 Å². The SMILES string of the molecule is CC#CCCNC(=O)C(C)(C)S(C)(=O)=O. The number of nitrogens with one attached hydrogen (secondary N) is 1. The predicted molar refractivity (Wildman–Crippen MR) is 60.0 cm³/mol. The zero-order valence-electron chi connectivity index (χ0n) is 9.55. The molecule has 1 amide bonds. The number of sulfone groups is 1. The lowest BCUT2D eigenvalue weighted by atomic mass is 10.2. The Balaban J connectivity index is 4.38. The van der Waals surface area contributed by atoms with E-state index in [2.05, 4.69) is 17.2 Å². The number of amides is 1. The highest BCUT2D eigenvalue weighted by molar-refractivity contribution is 7.92. The summed E-state index contributed by atoms with van der Waals surface area (Å²) in [5.74, 6) is 4.99. The highest BCUT2D eigenvalue weighted by Crippen LogP contribution is 2.14. The zero-order valence-corrected chi connectivity index (χ0v) is 10.4. The molecule has 0 aromatic rings. The molecule has 0 rings (SSSR count). The fraction of sp³-hybridized carbons (Fsp3) is 0.700. The van der Waals surface area contributed by atoms with Gasteiger partial charge in [-0.15, -0.1) is 11.8 Å². The van der Waals surface area contributed by atoms with Crippen molar-refractivity contribution >= 4 is 15.7 Å². The molecule has 86 valence electrons. The third-order valence-corrected chi connectivity index (χ3v) is 4.23. The smallest absolute Gasteiger partial charge is 0.240 e. The fourth-order valence-electron chi connectivity index (χ4n) is 0.745. The lowest BCUT2D eigenvalue weighted by Crippen LogP contribution is -2.47. The standard InChI is InChI=1S/C10H17NO3S/c1-5-6-7-8-11-9(12)10(2,3)15(4,13)14/h7-8H2,1-4H3,(H,11,12). The van der Waals surface area contributed by atoms with Crippen LogP contribution >= 0.6 is 0 Å². The van der Waals surface area contributed by atoms with Gasteiger partial charge in [-0.25, -0.2) is 8.42 Å². The summed E-state index contributed by atoms with van der Waals surface area (Å²) in [6.45, 7) is 4.87. The minimum absolute atomic E-state index is 0.374. The molecular weight excluding hydrogens is 214 g/mol. The van der Waals surface area contributed by atoms with Gasteiger partial charge in [0.1, 0.15) is 4.75 Å². The third kappa shape index (κ3) is 3.92. The highest BCUT2D eigenvalue weighted by Gasteiger charge is 2.37. The van der Waals surface area contributed by atoms with Crippen molar-refractivity contribution in [3.8, 4) is 11.8 Å². The maximum atomic E-state index is 11.5. The summed E-state index contributed by atoms with van der Waals surface area (Å²) in [5.41, 5.74) is 0. The molecule has 0 aromatic heterocycles. The lowest BCUT2D eigenvalue weighted by molar-refractivity contribution is -0.122. The van der Waals surface area contributed by atoms with E-state index in [4.69, 9.17) is 0 Å². The first-order valence-electron chi connectivity index (χ1n) is 4.61. The summed E-state index contributed by atoms with van der Waals surface area (Å²) >= 11 is 0. The molecule has 0 spiro atoms. The van der Waals surface area contributed by atoms with E-state index in [0.29, 0.717) is 13.0 Å². The van der Waals surface area contributed by atoms with Gasteiger partial charge in [0.15, 0.2) is 9.84 Å². The summed E-state index contributed by atoms with van der Waals surface area (Å²) in [6, 6.07) is 0. The van der Waals surface area contributed by atoms with Crippen LogP contribution in [0.3, 0.4) is 0 Å². The second-order valence-corrected chi connectivity index (χ2v) is 6.28. The monoisotopic (exact) mass is 231 g/mol. The topological polar surface area (TPSA) is 63.2 Å². The van der Waals surface area contributed by atoms with Gasteiger partial charge in [0.25, 0.3) is 0 Å². The average molecular weight is 231 g/mol. The molecule has 1 N–H and O–H groups in total. The molecule has 15 heavy (non-hydrogen) atoms. The quantitative estimate of drug-likeness (QED) is 0.560. The van der Waals surface area contributed by atoms with Gasteiger partial charge in [0.2, 0.25) is 5.91 Å². The van der Waals surface area contributed by atoms with Gasteiger partial charge in [-0.2, -0.15) is 0 Å². The Morgan fingerprint density at radius 2 is 1.93 bits per heavy atom. The number of hydrogen-bond acceptors (Lipinski definition) is 3. The van der Waals surface area contributed by atoms with Crippen LogP contribution in [0.25, 0.3) is 0 Å². The predicted octanol–water partition coefficient (Wildman–Crippen LogP) is 0.339. The van der Waals surface area contributed by atoms with E-state index in [-0.39, 0.29) is 0 Å². The maximum absolute atomic E-state index is 11.5. The molecule has 0 aliphatic rings. The summed E-state index contributed by atoms with van der Waals surface area (Å²) in [7, 11) is -3.39. The molecule has 0 atom stereocenters. The Hall–Kier alpha value is -1.02. The van der Waals surface area contributed by atoms with Gasteiger partial charge >= 0.3 is 0 Å². The van der Waals surface area contributed by atoms with Crippen LogP contribution in [0.5, 0.6) is 0 Å². The van der Waals surface area contributed by atoms with Crippen molar-refractivity contribution < 1.29 is 13.2 Å². The number of carbonyl (C=O) groups is 1. The molecule has 0 fully saturated rings. The van der Waals surface area contributed by atoms with Crippen molar-refractivity contribution in [1.29, 1.82) is 0 Å². The largest absolute Gasteiger partial charge is 0.354 e. The van der Waals surface area contributed by atoms with Crippen LogP contribution in [0.2, 0.25) is 0 Å². The molecule has 0 aromatic carbocycles. The average Bonchev–Trinajstić information content (AvgIpc) is 2.10. The number of carbonyl (C=O) groups excluding carboxylic acids is 1. The van der Waals surface area contributed by atoms with E-state index in [1.165, 1.54) is 13.8 Å². The molecule has 0 bridgehead atoms. The molecule has 0 radical (unpaired) electrons. The third-order valence-electron chi connectivity index (χ3n) is 2.19. The van der Waals surface area contributed by atoms with E-state index in [1.807, 2.05) is 0 Å². The van der Waals surface area contributed by atoms with Crippen LogP contribution in [0.4, 0.5) is 0 Å². The van der Waals surface area contributed by atoms with Crippen molar-refractivity contribution in [2.24, 2.45) is 0 Å². The van der Waals surface area contributed by atoms with Crippen LogP contribution in [0.1, 0.15) is 27.2 Å². The van der Waals surface area contributed by atoms with E-state index in [9.17, 15) is 13.2 Å². The molecule has 0 aliphatic heterocycles. The van der Waals surface area contributed by atoms with Gasteiger partial charge in [0, 0.05) is 19.2 Å². The maximum Gasteiger partial charge on any atom is 0.240 e. The Morgan fingerprint density at radius 3 is 2.33 bits per heavy atom. The summed E-state index contributed by atoms with van der Waals surface area (Å²) in [5, 5.41) is 2.54. The summed E-state index contributed by atoms with van der Waals surface area (Å²) in [4.78, 5) is 11.5. The Kier molecular flexibility index (Phi) is 4.82. The van der Waals surface area contributed by atoms with E-state index < -0.39 is 20.5 Å². The normalized spacial score (nSPS) is 11.5. The molecule has 0 saturated heterocycles. The van der Waals surface area contributed by atoms with Crippen molar-refractivity contribution in [1.82, 2.24) is 5.32 Å². The first-order chi connectivity index (χ1) is 6.73. The van der Waals surface area contributed by atoms with Crippen molar-refractivity contribution in [3.05, 3.63) is 0 Å². The first-order valence-corrected chi connectivity index (χ1v) is 6.50. The minimum Gasteiger partial charge on any atom is -0.354 e.